The number of nitrogens with one attached hydrogen (secondary N) is 1. The van der Waals surface area contributed by atoms with E-state index in [4.69, 9.17) is 9.47 Å². The Balaban J connectivity index is 1.57. The Labute approximate surface area is 125 Å². The van der Waals surface area contributed by atoms with Crippen molar-refractivity contribution in [2.75, 3.05) is 7.11 Å². The van der Waals surface area contributed by atoms with Gasteiger partial charge in [-0.1, -0.05) is 12.1 Å². The number of ether oxygens (including phenoxy) is 2. The second-order valence-electron chi connectivity index (χ2n) is 5.30. The minimum absolute atomic E-state index is 0.490. The summed E-state index contributed by atoms with van der Waals surface area (Å²) in [5.74, 6) is 1.50. The molecule has 1 fully saturated rings. The minimum atomic E-state index is 0.490. The van der Waals surface area contributed by atoms with E-state index < -0.39 is 0 Å². The van der Waals surface area contributed by atoms with Gasteiger partial charge in [-0.2, -0.15) is 0 Å². The van der Waals surface area contributed by atoms with E-state index in [0.717, 1.165) is 17.9 Å². The third kappa shape index (κ3) is 4.20. The maximum atomic E-state index is 5.76. The summed E-state index contributed by atoms with van der Waals surface area (Å²) in [4.78, 5) is 4.26. The molecular weight excluding hydrogens is 264 g/mol. The van der Waals surface area contributed by atoms with Gasteiger partial charge >= 0.3 is 0 Å². The van der Waals surface area contributed by atoms with Crippen molar-refractivity contribution >= 4 is 0 Å². The van der Waals surface area contributed by atoms with Crippen LogP contribution in [0.4, 0.5) is 0 Å². The Kier molecular flexibility index (Phi) is 4.36. The Hall–Kier alpha value is -2.07. The molecule has 1 aliphatic carbocycles. The lowest BCUT2D eigenvalue weighted by Gasteiger charge is -2.08. The molecule has 0 radical (unpaired) electrons. The van der Waals surface area contributed by atoms with Gasteiger partial charge in [0.1, 0.15) is 12.4 Å². The lowest BCUT2D eigenvalue weighted by molar-refractivity contribution is 0.292. The molecule has 0 unspecified atom stereocenters. The van der Waals surface area contributed by atoms with Crippen molar-refractivity contribution < 1.29 is 9.47 Å². The van der Waals surface area contributed by atoms with Crippen molar-refractivity contribution in [3.05, 3.63) is 53.7 Å². The number of rotatable bonds is 7. The van der Waals surface area contributed by atoms with Crippen LogP contribution in [0.2, 0.25) is 0 Å². The third-order valence-electron chi connectivity index (χ3n) is 3.49. The van der Waals surface area contributed by atoms with Gasteiger partial charge in [-0.3, -0.25) is 0 Å². The number of pyridine rings is 1. The molecule has 1 heterocycles. The number of hydrogen-bond acceptors (Lipinski definition) is 4. The monoisotopic (exact) mass is 284 g/mol. The SMILES string of the molecule is COc1cccc(COc2cc(CNC3CC3)ccn2)c1. The summed E-state index contributed by atoms with van der Waals surface area (Å²) in [5.41, 5.74) is 2.27. The second-order valence-corrected chi connectivity index (χ2v) is 5.30. The maximum Gasteiger partial charge on any atom is 0.213 e. The highest BCUT2D eigenvalue weighted by Gasteiger charge is 2.19. The fourth-order valence-corrected chi connectivity index (χ4v) is 2.11. The van der Waals surface area contributed by atoms with E-state index in [9.17, 15) is 0 Å². The van der Waals surface area contributed by atoms with Crippen LogP contribution in [0.15, 0.2) is 42.6 Å². The molecule has 0 atom stereocenters. The zero-order valence-corrected chi connectivity index (χ0v) is 12.2. The molecule has 0 bridgehead atoms. The Morgan fingerprint density at radius 1 is 1.19 bits per heavy atom. The predicted molar refractivity (Wildman–Crippen MR) is 81.4 cm³/mol. The normalized spacial score (nSPS) is 14.0. The molecule has 0 amide bonds. The molecular formula is C17H20N2O2. The first-order valence-corrected chi connectivity index (χ1v) is 7.27. The van der Waals surface area contributed by atoms with Crippen molar-refractivity contribution in [1.29, 1.82) is 0 Å². The molecule has 0 aliphatic heterocycles. The molecule has 4 nitrogen and oxygen atoms in total. The van der Waals surface area contributed by atoms with Gasteiger partial charge < -0.3 is 14.8 Å². The quantitative estimate of drug-likeness (QED) is 0.849. The number of nitrogens with zero attached hydrogens (tertiary/aromatic N) is 1. The van der Waals surface area contributed by atoms with Crippen molar-refractivity contribution in [2.24, 2.45) is 0 Å². The molecule has 1 N–H and O–H groups in total. The molecule has 1 saturated carbocycles. The summed E-state index contributed by atoms with van der Waals surface area (Å²) in [5, 5.41) is 3.49. The van der Waals surface area contributed by atoms with Crippen molar-refractivity contribution in [1.82, 2.24) is 10.3 Å². The van der Waals surface area contributed by atoms with Crippen LogP contribution in [0.3, 0.4) is 0 Å². The third-order valence-corrected chi connectivity index (χ3v) is 3.49. The summed E-state index contributed by atoms with van der Waals surface area (Å²) in [6.07, 6.45) is 4.39. The average molecular weight is 284 g/mol. The van der Waals surface area contributed by atoms with Gasteiger partial charge in [0, 0.05) is 24.8 Å². The van der Waals surface area contributed by atoms with Gasteiger partial charge in [0.05, 0.1) is 7.11 Å². The highest BCUT2D eigenvalue weighted by molar-refractivity contribution is 5.28. The molecule has 110 valence electrons. The molecule has 1 aromatic heterocycles. The Morgan fingerprint density at radius 3 is 2.90 bits per heavy atom. The van der Waals surface area contributed by atoms with Crippen LogP contribution in [0.25, 0.3) is 0 Å². The summed E-state index contributed by atoms with van der Waals surface area (Å²) in [7, 11) is 1.66. The van der Waals surface area contributed by atoms with Gasteiger partial charge in [-0.25, -0.2) is 4.98 Å². The van der Waals surface area contributed by atoms with Gasteiger partial charge in [0.25, 0.3) is 0 Å². The number of hydrogen-bond donors (Lipinski definition) is 1. The van der Waals surface area contributed by atoms with Crippen LogP contribution in [0.5, 0.6) is 11.6 Å². The maximum absolute atomic E-state index is 5.76. The van der Waals surface area contributed by atoms with Crippen LogP contribution in [0, 0.1) is 0 Å². The zero-order valence-electron chi connectivity index (χ0n) is 12.2. The minimum Gasteiger partial charge on any atom is -0.497 e. The fraction of sp³-hybridized carbons (Fsp3) is 0.353. The molecule has 4 heteroatoms. The van der Waals surface area contributed by atoms with Crippen molar-refractivity contribution in [2.45, 2.75) is 32.0 Å². The lowest BCUT2D eigenvalue weighted by Crippen LogP contribution is -2.15. The van der Waals surface area contributed by atoms with Gasteiger partial charge in [-0.15, -0.1) is 0 Å². The van der Waals surface area contributed by atoms with Crippen LogP contribution in [-0.2, 0) is 13.2 Å². The summed E-state index contributed by atoms with van der Waals surface area (Å²) in [6.45, 7) is 1.37. The van der Waals surface area contributed by atoms with E-state index in [0.29, 0.717) is 18.5 Å². The van der Waals surface area contributed by atoms with E-state index in [-0.39, 0.29) is 0 Å². The summed E-state index contributed by atoms with van der Waals surface area (Å²) < 4.78 is 11.0. The smallest absolute Gasteiger partial charge is 0.213 e. The largest absolute Gasteiger partial charge is 0.497 e. The van der Waals surface area contributed by atoms with E-state index in [1.54, 1.807) is 13.3 Å². The molecule has 0 saturated heterocycles. The number of methoxy groups -OCH3 is 1. The number of aromatic nitrogens is 1. The first-order chi connectivity index (χ1) is 10.3. The van der Waals surface area contributed by atoms with E-state index >= 15 is 0 Å². The topological polar surface area (TPSA) is 43.4 Å². The van der Waals surface area contributed by atoms with Crippen LogP contribution < -0.4 is 14.8 Å². The van der Waals surface area contributed by atoms with Crippen LogP contribution >= 0.6 is 0 Å². The molecule has 21 heavy (non-hydrogen) atoms. The second kappa shape index (κ2) is 6.59. The van der Waals surface area contributed by atoms with Gasteiger partial charge in [0.15, 0.2) is 0 Å². The molecule has 3 rings (SSSR count). The molecule has 2 aromatic rings. The Bertz CT molecular complexity index is 597. The van der Waals surface area contributed by atoms with E-state index in [1.165, 1.54) is 18.4 Å². The van der Waals surface area contributed by atoms with Crippen LogP contribution in [0.1, 0.15) is 24.0 Å². The summed E-state index contributed by atoms with van der Waals surface area (Å²) in [6, 6.07) is 12.6. The summed E-state index contributed by atoms with van der Waals surface area (Å²) >= 11 is 0. The molecule has 1 aromatic carbocycles. The van der Waals surface area contributed by atoms with Crippen molar-refractivity contribution in [3.8, 4) is 11.6 Å². The van der Waals surface area contributed by atoms with E-state index in [2.05, 4.69) is 10.3 Å². The fourth-order valence-electron chi connectivity index (χ4n) is 2.11. The zero-order chi connectivity index (χ0) is 14.5. The van der Waals surface area contributed by atoms with E-state index in [1.807, 2.05) is 36.4 Å². The average Bonchev–Trinajstić information content (AvgIpc) is 3.36. The standard InChI is InChI=1S/C17H20N2O2/c1-20-16-4-2-3-14(9-16)12-21-17-10-13(7-8-18-17)11-19-15-5-6-15/h2-4,7-10,15,19H,5-6,11-12H2,1H3. The number of benzene rings is 1. The highest BCUT2D eigenvalue weighted by Crippen LogP contribution is 2.20. The van der Waals surface area contributed by atoms with Gasteiger partial charge in [-0.05, 0) is 42.2 Å². The van der Waals surface area contributed by atoms with Crippen LogP contribution in [-0.4, -0.2) is 18.1 Å². The van der Waals surface area contributed by atoms with Gasteiger partial charge in [0.2, 0.25) is 5.88 Å². The predicted octanol–water partition coefficient (Wildman–Crippen LogP) is 2.92. The molecule has 1 aliphatic rings. The molecule has 0 spiro atoms. The highest BCUT2D eigenvalue weighted by atomic mass is 16.5. The first kappa shape index (κ1) is 13.9. The lowest BCUT2D eigenvalue weighted by atomic mass is 10.2. The van der Waals surface area contributed by atoms with Crippen molar-refractivity contribution in [3.63, 3.8) is 0 Å². The Morgan fingerprint density at radius 2 is 2.10 bits per heavy atom. The first-order valence-electron chi connectivity index (χ1n) is 7.27.